The highest BCUT2D eigenvalue weighted by atomic mass is 16.5. The fourth-order valence-corrected chi connectivity index (χ4v) is 2.32. The fraction of sp³-hybridized carbons (Fsp3) is 1.00. The van der Waals surface area contributed by atoms with Gasteiger partial charge in [0.25, 0.3) is 0 Å². The molecule has 0 aromatic rings. The molecular weight excluding hydrogens is 216 g/mol. The maximum Gasteiger partial charge on any atom is 0.0767 e. The summed E-state index contributed by atoms with van der Waals surface area (Å²) in [5.74, 6) is 0. The minimum atomic E-state index is -0.666. The van der Waals surface area contributed by atoms with E-state index in [4.69, 9.17) is 10.5 Å². The van der Waals surface area contributed by atoms with Crippen molar-refractivity contribution < 1.29 is 9.84 Å². The molecule has 0 amide bonds. The second kappa shape index (κ2) is 6.69. The van der Waals surface area contributed by atoms with Crippen molar-refractivity contribution >= 4 is 0 Å². The third-order valence-electron chi connectivity index (χ3n) is 3.86. The van der Waals surface area contributed by atoms with Crippen LogP contribution >= 0.6 is 0 Å². The molecule has 102 valence electrons. The third-order valence-corrected chi connectivity index (χ3v) is 3.86. The van der Waals surface area contributed by atoms with E-state index >= 15 is 0 Å². The molecule has 3 N–H and O–H groups in total. The Bertz CT molecular complexity index is 219. The summed E-state index contributed by atoms with van der Waals surface area (Å²) in [5, 5.41) is 10.1. The highest BCUT2D eigenvalue weighted by Gasteiger charge is 2.25. The minimum Gasteiger partial charge on any atom is -0.389 e. The minimum absolute atomic E-state index is 0.325. The van der Waals surface area contributed by atoms with Crippen LogP contribution in [0.4, 0.5) is 0 Å². The standard InChI is InChI=1S/C13H28N2O2/c1-4-13(16,10-14)6-5-7-15-8-12(3)17-9-11(15)2/h11-12,16H,4-10,14H2,1-3H3. The summed E-state index contributed by atoms with van der Waals surface area (Å²) in [6.07, 6.45) is 2.85. The molecule has 0 aromatic carbocycles. The van der Waals surface area contributed by atoms with E-state index in [-0.39, 0.29) is 0 Å². The number of rotatable bonds is 6. The Hall–Kier alpha value is -0.160. The van der Waals surface area contributed by atoms with Gasteiger partial charge in [0.2, 0.25) is 0 Å². The average molecular weight is 244 g/mol. The SMILES string of the molecule is CCC(O)(CN)CCCN1CC(C)OCC1C. The molecule has 1 aliphatic heterocycles. The molecule has 1 fully saturated rings. The van der Waals surface area contributed by atoms with Gasteiger partial charge in [-0.05, 0) is 39.7 Å². The Labute approximate surface area is 105 Å². The molecule has 0 spiro atoms. The molecule has 0 aliphatic carbocycles. The van der Waals surface area contributed by atoms with Gasteiger partial charge in [-0.1, -0.05) is 6.92 Å². The van der Waals surface area contributed by atoms with Crippen molar-refractivity contribution in [3.63, 3.8) is 0 Å². The van der Waals surface area contributed by atoms with Gasteiger partial charge in [0.05, 0.1) is 18.3 Å². The zero-order valence-corrected chi connectivity index (χ0v) is 11.5. The monoisotopic (exact) mass is 244 g/mol. The molecular formula is C13H28N2O2. The summed E-state index contributed by atoms with van der Waals surface area (Å²) in [7, 11) is 0. The number of ether oxygens (including phenoxy) is 1. The van der Waals surface area contributed by atoms with Gasteiger partial charge in [-0.15, -0.1) is 0 Å². The van der Waals surface area contributed by atoms with Crippen LogP contribution in [-0.2, 0) is 4.74 Å². The zero-order chi connectivity index (χ0) is 12.9. The molecule has 3 unspecified atom stereocenters. The molecule has 1 heterocycles. The molecule has 0 saturated carbocycles. The molecule has 1 rings (SSSR count). The zero-order valence-electron chi connectivity index (χ0n) is 11.5. The second-order valence-electron chi connectivity index (χ2n) is 5.37. The predicted molar refractivity (Wildman–Crippen MR) is 70.0 cm³/mol. The van der Waals surface area contributed by atoms with Gasteiger partial charge in [-0.3, -0.25) is 4.90 Å². The van der Waals surface area contributed by atoms with Crippen LogP contribution in [-0.4, -0.2) is 54.0 Å². The summed E-state index contributed by atoms with van der Waals surface area (Å²) in [5.41, 5.74) is 4.94. The van der Waals surface area contributed by atoms with Crippen LogP contribution in [0.5, 0.6) is 0 Å². The van der Waals surface area contributed by atoms with Crippen molar-refractivity contribution in [3.05, 3.63) is 0 Å². The molecule has 0 radical (unpaired) electrons. The second-order valence-corrected chi connectivity index (χ2v) is 5.37. The van der Waals surface area contributed by atoms with Crippen LogP contribution in [0.2, 0.25) is 0 Å². The highest BCUT2D eigenvalue weighted by molar-refractivity contribution is 4.80. The van der Waals surface area contributed by atoms with Crippen molar-refractivity contribution in [2.45, 2.75) is 57.8 Å². The van der Waals surface area contributed by atoms with Crippen LogP contribution < -0.4 is 5.73 Å². The molecule has 0 bridgehead atoms. The number of hydrogen-bond donors (Lipinski definition) is 2. The van der Waals surface area contributed by atoms with Crippen LogP contribution in [0.25, 0.3) is 0 Å². The van der Waals surface area contributed by atoms with E-state index in [2.05, 4.69) is 18.7 Å². The first-order valence-electron chi connectivity index (χ1n) is 6.79. The van der Waals surface area contributed by atoms with Gasteiger partial charge >= 0.3 is 0 Å². The largest absolute Gasteiger partial charge is 0.389 e. The molecule has 4 heteroatoms. The Balaban J connectivity index is 2.30. The molecule has 3 atom stereocenters. The highest BCUT2D eigenvalue weighted by Crippen LogP contribution is 2.18. The van der Waals surface area contributed by atoms with E-state index in [0.29, 0.717) is 18.7 Å². The van der Waals surface area contributed by atoms with E-state index in [0.717, 1.165) is 39.0 Å². The van der Waals surface area contributed by atoms with Crippen molar-refractivity contribution in [1.29, 1.82) is 0 Å². The number of morpholine rings is 1. The number of nitrogens with zero attached hydrogens (tertiary/aromatic N) is 1. The van der Waals surface area contributed by atoms with Gasteiger partial charge in [0, 0.05) is 19.1 Å². The molecule has 1 aliphatic rings. The van der Waals surface area contributed by atoms with Gasteiger partial charge < -0.3 is 15.6 Å². The lowest BCUT2D eigenvalue weighted by Crippen LogP contribution is -2.48. The van der Waals surface area contributed by atoms with Crippen LogP contribution in [0.1, 0.15) is 40.0 Å². The summed E-state index contributed by atoms with van der Waals surface area (Å²) >= 11 is 0. The molecule has 1 saturated heterocycles. The molecule has 4 nitrogen and oxygen atoms in total. The van der Waals surface area contributed by atoms with E-state index in [9.17, 15) is 5.11 Å². The van der Waals surface area contributed by atoms with Crippen molar-refractivity contribution in [1.82, 2.24) is 4.90 Å². The summed E-state index contributed by atoms with van der Waals surface area (Å²) in [6, 6.07) is 0.485. The average Bonchev–Trinajstić information content (AvgIpc) is 2.33. The lowest BCUT2D eigenvalue weighted by molar-refractivity contribution is -0.0522. The Morgan fingerprint density at radius 3 is 2.76 bits per heavy atom. The lowest BCUT2D eigenvalue weighted by atomic mass is 9.94. The van der Waals surface area contributed by atoms with Crippen molar-refractivity contribution in [2.75, 3.05) is 26.2 Å². The van der Waals surface area contributed by atoms with Crippen LogP contribution in [0.15, 0.2) is 0 Å². The fourth-order valence-electron chi connectivity index (χ4n) is 2.32. The maximum absolute atomic E-state index is 10.1. The summed E-state index contributed by atoms with van der Waals surface area (Å²) < 4.78 is 5.60. The van der Waals surface area contributed by atoms with Crippen molar-refractivity contribution in [3.8, 4) is 0 Å². The Kier molecular flexibility index (Phi) is 5.86. The van der Waals surface area contributed by atoms with E-state index in [1.807, 2.05) is 6.92 Å². The molecule has 17 heavy (non-hydrogen) atoms. The lowest BCUT2D eigenvalue weighted by Gasteiger charge is -2.37. The normalized spacial score (nSPS) is 30.2. The number of nitrogens with two attached hydrogens (primary N) is 1. The maximum atomic E-state index is 10.1. The quantitative estimate of drug-likeness (QED) is 0.731. The summed E-state index contributed by atoms with van der Waals surface area (Å²) in [6.45, 7) is 9.49. The summed E-state index contributed by atoms with van der Waals surface area (Å²) in [4.78, 5) is 2.45. The Morgan fingerprint density at radius 2 is 2.18 bits per heavy atom. The van der Waals surface area contributed by atoms with E-state index in [1.54, 1.807) is 0 Å². The first-order valence-corrected chi connectivity index (χ1v) is 6.79. The smallest absolute Gasteiger partial charge is 0.0767 e. The number of aliphatic hydroxyl groups is 1. The van der Waals surface area contributed by atoms with E-state index in [1.165, 1.54) is 0 Å². The predicted octanol–water partition coefficient (Wildman–Crippen LogP) is 0.976. The van der Waals surface area contributed by atoms with Gasteiger partial charge in [0.15, 0.2) is 0 Å². The molecule has 0 aromatic heterocycles. The van der Waals surface area contributed by atoms with Crippen LogP contribution in [0, 0.1) is 0 Å². The third kappa shape index (κ3) is 4.54. The van der Waals surface area contributed by atoms with E-state index < -0.39 is 5.60 Å². The number of hydrogen-bond acceptors (Lipinski definition) is 4. The topological polar surface area (TPSA) is 58.7 Å². The Morgan fingerprint density at radius 1 is 1.47 bits per heavy atom. The first kappa shape index (κ1) is 14.9. The van der Waals surface area contributed by atoms with Crippen LogP contribution in [0.3, 0.4) is 0 Å². The van der Waals surface area contributed by atoms with Gasteiger partial charge in [0.1, 0.15) is 0 Å². The van der Waals surface area contributed by atoms with Gasteiger partial charge in [-0.25, -0.2) is 0 Å². The van der Waals surface area contributed by atoms with Gasteiger partial charge in [-0.2, -0.15) is 0 Å². The first-order chi connectivity index (χ1) is 8.00. The van der Waals surface area contributed by atoms with Crippen molar-refractivity contribution in [2.24, 2.45) is 5.73 Å².